The summed E-state index contributed by atoms with van der Waals surface area (Å²) in [7, 11) is 2.16. The largest absolute Gasteiger partial charge is 0.345 e. The molecule has 0 spiro atoms. The van der Waals surface area contributed by atoms with E-state index in [1.165, 1.54) is 12.8 Å². The van der Waals surface area contributed by atoms with Crippen molar-refractivity contribution in [1.82, 2.24) is 14.9 Å². The molecule has 4 nitrogen and oxygen atoms in total. The van der Waals surface area contributed by atoms with Gasteiger partial charge in [0.25, 0.3) is 0 Å². The van der Waals surface area contributed by atoms with Crippen molar-refractivity contribution in [2.75, 3.05) is 31.6 Å². The molecule has 0 aromatic carbocycles. The van der Waals surface area contributed by atoms with E-state index in [2.05, 4.69) is 41.5 Å². The zero-order valence-electron chi connectivity index (χ0n) is 12.2. The third kappa shape index (κ3) is 3.60. The van der Waals surface area contributed by atoms with E-state index in [0.29, 0.717) is 0 Å². The second-order valence-corrected chi connectivity index (χ2v) is 5.40. The lowest BCUT2D eigenvalue weighted by atomic mass is 9.98. The summed E-state index contributed by atoms with van der Waals surface area (Å²) >= 11 is 0. The maximum absolute atomic E-state index is 4.74. The lowest BCUT2D eigenvalue weighted by molar-refractivity contribution is 0.376. The second kappa shape index (κ2) is 6.75. The van der Waals surface area contributed by atoms with Crippen molar-refractivity contribution >= 4 is 5.95 Å². The van der Waals surface area contributed by atoms with E-state index >= 15 is 0 Å². The molecule has 1 aliphatic rings. The molecule has 1 aromatic rings. The Bertz CT molecular complexity index is 404. The fraction of sp³-hybridized carbons (Fsp3) is 0.667. The number of aryl methyl sites for hydroxylation is 1. The first-order chi connectivity index (χ1) is 9.24. The van der Waals surface area contributed by atoms with Crippen LogP contribution in [0.15, 0.2) is 18.9 Å². The van der Waals surface area contributed by atoms with Crippen LogP contribution in [0, 0.1) is 5.92 Å². The number of hydrogen-bond donors (Lipinski definition) is 1. The molecule has 106 valence electrons. The van der Waals surface area contributed by atoms with Gasteiger partial charge < -0.3 is 14.8 Å². The smallest absolute Gasteiger partial charge is 0.205 e. The van der Waals surface area contributed by atoms with E-state index < -0.39 is 0 Å². The van der Waals surface area contributed by atoms with E-state index in [1.54, 1.807) is 0 Å². The van der Waals surface area contributed by atoms with E-state index in [9.17, 15) is 0 Å². The number of nitrogens with one attached hydrogen (secondary N) is 1. The molecule has 19 heavy (non-hydrogen) atoms. The Kier molecular flexibility index (Phi) is 5.02. The highest BCUT2D eigenvalue weighted by atomic mass is 15.3. The maximum atomic E-state index is 4.74. The summed E-state index contributed by atoms with van der Waals surface area (Å²) < 4.78 is 2.20. The maximum Gasteiger partial charge on any atom is 0.205 e. The van der Waals surface area contributed by atoms with Gasteiger partial charge in [-0.3, -0.25) is 0 Å². The number of imidazole rings is 1. The number of hydrogen-bond acceptors (Lipinski definition) is 3. The molecule has 1 N–H and O–H groups in total. The van der Waals surface area contributed by atoms with Gasteiger partial charge in [-0.2, -0.15) is 0 Å². The van der Waals surface area contributed by atoms with Gasteiger partial charge in [0.1, 0.15) is 0 Å². The topological polar surface area (TPSA) is 33.1 Å². The Balaban J connectivity index is 2.05. The van der Waals surface area contributed by atoms with Crippen LogP contribution in [0.2, 0.25) is 0 Å². The van der Waals surface area contributed by atoms with Gasteiger partial charge in [-0.05, 0) is 38.3 Å². The predicted molar refractivity (Wildman–Crippen MR) is 80.7 cm³/mol. The zero-order valence-corrected chi connectivity index (χ0v) is 12.2. The van der Waals surface area contributed by atoms with Crippen molar-refractivity contribution in [2.45, 2.75) is 32.7 Å². The zero-order chi connectivity index (χ0) is 13.7. The third-order valence-corrected chi connectivity index (χ3v) is 3.83. The minimum absolute atomic E-state index is 0.783. The molecule has 0 unspecified atom stereocenters. The highest BCUT2D eigenvalue weighted by molar-refractivity contribution is 5.33. The van der Waals surface area contributed by atoms with Crippen LogP contribution in [0.4, 0.5) is 5.95 Å². The normalized spacial score (nSPS) is 16.5. The van der Waals surface area contributed by atoms with Gasteiger partial charge in [-0.15, -0.1) is 6.58 Å². The summed E-state index contributed by atoms with van der Waals surface area (Å²) in [5.41, 5.74) is 1.16. The third-order valence-electron chi connectivity index (χ3n) is 3.83. The number of piperidine rings is 1. The van der Waals surface area contributed by atoms with Crippen LogP contribution < -0.4 is 10.2 Å². The van der Waals surface area contributed by atoms with E-state index in [1.807, 2.05) is 6.08 Å². The molecule has 0 aliphatic carbocycles. The van der Waals surface area contributed by atoms with Gasteiger partial charge in [0.05, 0.1) is 5.69 Å². The quantitative estimate of drug-likeness (QED) is 0.797. The number of rotatable bonds is 6. The van der Waals surface area contributed by atoms with Crippen molar-refractivity contribution in [3.8, 4) is 0 Å². The molecular weight excluding hydrogens is 236 g/mol. The van der Waals surface area contributed by atoms with Crippen LogP contribution in [-0.4, -0.2) is 36.2 Å². The standard InChI is InChI=1S/C15H26N4/c1-4-10-19-12-14(5-2)17-15(19)18(3)11-13-6-8-16-9-7-13/h4,12-13,16H,1,5-11H2,2-3H3. The van der Waals surface area contributed by atoms with Crippen LogP contribution >= 0.6 is 0 Å². The van der Waals surface area contributed by atoms with Gasteiger partial charge in [-0.25, -0.2) is 4.98 Å². The van der Waals surface area contributed by atoms with Gasteiger partial charge in [0, 0.05) is 26.3 Å². The van der Waals surface area contributed by atoms with Crippen molar-refractivity contribution in [1.29, 1.82) is 0 Å². The van der Waals surface area contributed by atoms with E-state index in [0.717, 1.165) is 50.2 Å². The first-order valence-electron chi connectivity index (χ1n) is 7.33. The first-order valence-corrected chi connectivity index (χ1v) is 7.33. The monoisotopic (exact) mass is 262 g/mol. The van der Waals surface area contributed by atoms with E-state index in [4.69, 9.17) is 4.98 Å². The Hall–Kier alpha value is -1.29. The summed E-state index contributed by atoms with van der Waals surface area (Å²) in [6.07, 6.45) is 7.61. The van der Waals surface area contributed by atoms with Gasteiger partial charge >= 0.3 is 0 Å². The average molecular weight is 262 g/mol. The molecule has 2 heterocycles. The summed E-state index contributed by atoms with van der Waals surface area (Å²) in [6.45, 7) is 10.2. The summed E-state index contributed by atoms with van der Waals surface area (Å²) in [6, 6.07) is 0. The molecule has 0 atom stereocenters. The SMILES string of the molecule is C=CCn1cc(CC)nc1N(C)CC1CCNCC1. The van der Waals surface area contributed by atoms with Crippen LogP contribution in [0.25, 0.3) is 0 Å². The highest BCUT2D eigenvalue weighted by Crippen LogP contribution is 2.19. The van der Waals surface area contributed by atoms with Crippen molar-refractivity contribution in [3.63, 3.8) is 0 Å². The summed E-state index contributed by atoms with van der Waals surface area (Å²) in [5.74, 6) is 1.86. The lowest BCUT2D eigenvalue weighted by Gasteiger charge is -2.28. The minimum atomic E-state index is 0.783. The fourth-order valence-electron chi connectivity index (χ4n) is 2.74. The van der Waals surface area contributed by atoms with Crippen LogP contribution in [-0.2, 0) is 13.0 Å². The molecule has 0 bridgehead atoms. The molecule has 0 amide bonds. The summed E-state index contributed by atoms with van der Waals surface area (Å²) in [4.78, 5) is 7.04. The van der Waals surface area contributed by atoms with Crippen LogP contribution in [0.5, 0.6) is 0 Å². The van der Waals surface area contributed by atoms with Crippen LogP contribution in [0.3, 0.4) is 0 Å². The molecule has 1 aromatic heterocycles. The number of anilines is 1. The van der Waals surface area contributed by atoms with Gasteiger partial charge in [0.15, 0.2) is 0 Å². The molecule has 0 saturated carbocycles. The van der Waals surface area contributed by atoms with Gasteiger partial charge in [-0.1, -0.05) is 13.0 Å². The predicted octanol–water partition coefficient (Wildman–Crippen LogP) is 2.07. The highest BCUT2D eigenvalue weighted by Gasteiger charge is 2.18. The molecule has 0 radical (unpaired) electrons. The molecule has 1 fully saturated rings. The molecule has 4 heteroatoms. The summed E-state index contributed by atoms with van der Waals surface area (Å²) in [5, 5.41) is 3.42. The molecule has 2 rings (SSSR count). The van der Waals surface area contributed by atoms with Crippen molar-refractivity contribution < 1.29 is 0 Å². The Morgan fingerprint density at radius 1 is 1.53 bits per heavy atom. The Labute approximate surface area is 116 Å². The average Bonchev–Trinajstić information content (AvgIpc) is 2.84. The molecular formula is C15H26N4. The number of nitrogens with zero attached hydrogens (tertiary/aromatic N) is 3. The second-order valence-electron chi connectivity index (χ2n) is 5.40. The van der Waals surface area contributed by atoms with Crippen molar-refractivity contribution in [3.05, 3.63) is 24.5 Å². The number of allylic oxidation sites excluding steroid dienone is 1. The first kappa shape index (κ1) is 14.1. The lowest BCUT2D eigenvalue weighted by Crippen LogP contribution is -2.35. The Morgan fingerprint density at radius 3 is 2.89 bits per heavy atom. The van der Waals surface area contributed by atoms with Crippen LogP contribution in [0.1, 0.15) is 25.5 Å². The number of aromatic nitrogens is 2. The Morgan fingerprint density at radius 2 is 2.26 bits per heavy atom. The fourth-order valence-corrected chi connectivity index (χ4v) is 2.74. The van der Waals surface area contributed by atoms with Gasteiger partial charge in [0.2, 0.25) is 5.95 Å². The molecule has 1 aliphatic heterocycles. The minimum Gasteiger partial charge on any atom is -0.345 e. The van der Waals surface area contributed by atoms with Crippen molar-refractivity contribution in [2.24, 2.45) is 5.92 Å². The molecule has 1 saturated heterocycles. The van der Waals surface area contributed by atoms with E-state index in [-0.39, 0.29) is 0 Å².